The first-order valence-corrected chi connectivity index (χ1v) is 8.44. The summed E-state index contributed by atoms with van der Waals surface area (Å²) in [5, 5.41) is 12.2. The van der Waals surface area contributed by atoms with E-state index in [0.717, 1.165) is 31.7 Å². The van der Waals surface area contributed by atoms with Crippen molar-refractivity contribution in [3.63, 3.8) is 0 Å². The standard InChI is InChI=1S/C19H22N2O3/c22-12-17-6-5-16(24-17)11-21-8-7-19(13-21)9-14-3-1-2-4-15(14)10-20-18(19)23/h1-6,22H,7-13H2,(H,20,23). The summed E-state index contributed by atoms with van der Waals surface area (Å²) in [6.07, 6.45) is 1.66. The molecule has 2 aliphatic heterocycles. The molecular weight excluding hydrogens is 304 g/mol. The summed E-state index contributed by atoms with van der Waals surface area (Å²) in [5.41, 5.74) is 2.15. The monoisotopic (exact) mass is 326 g/mol. The molecule has 0 radical (unpaired) electrons. The zero-order valence-corrected chi connectivity index (χ0v) is 13.6. The third kappa shape index (κ3) is 2.74. The number of nitrogens with one attached hydrogen (secondary N) is 1. The van der Waals surface area contributed by atoms with Crippen LogP contribution in [-0.2, 0) is 30.9 Å². The van der Waals surface area contributed by atoms with Crippen molar-refractivity contribution in [2.45, 2.75) is 32.5 Å². The van der Waals surface area contributed by atoms with Crippen LogP contribution in [0.15, 0.2) is 40.8 Å². The second kappa shape index (κ2) is 6.07. The van der Waals surface area contributed by atoms with E-state index in [2.05, 4.69) is 22.3 Å². The largest absolute Gasteiger partial charge is 0.462 e. The van der Waals surface area contributed by atoms with Crippen molar-refractivity contribution in [3.8, 4) is 0 Å². The lowest BCUT2D eigenvalue weighted by Crippen LogP contribution is -2.42. The molecular formula is C19H22N2O3. The molecule has 2 aromatic rings. The van der Waals surface area contributed by atoms with Gasteiger partial charge in [-0.2, -0.15) is 0 Å². The number of nitrogens with zero attached hydrogens (tertiary/aromatic N) is 1. The molecule has 1 unspecified atom stereocenters. The van der Waals surface area contributed by atoms with Crippen LogP contribution < -0.4 is 5.32 Å². The van der Waals surface area contributed by atoms with Gasteiger partial charge in [0.25, 0.3) is 0 Å². The van der Waals surface area contributed by atoms with Gasteiger partial charge in [0.2, 0.25) is 5.91 Å². The molecule has 1 aromatic carbocycles. The molecule has 1 atom stereocenters. The zero-order chi connectivity index (χ0) is 16.6. The Balaban J connectivity index is 1.52. The fourth-order valence-electron chi connectivity index (χ4n) is 3.95. The maximum atomic E-state index is 12.8. The van der Waals surface area contributed by atoms with Gasteiger partial charge >= 0.3 is 0 Å². The minimum Gasteiger partial charge on any atom is -0.462 e. The number of aliphatic hydroxyl groups is 1. The van der Waals surface area contributed by atoms with E-state index in [0.29, 0.717) is 18.8 Å². The zero-order valence-electron chi connectivity index (χ0n) is 13.6. The molecule has 0 aliphatic carbocycles. The number of likely N-dealkylation sites (tertiary alicyclic amines) is 1. The van der Waals surface area contributed by atoms with E-state index in [1.807, 2.05) is 18.2 Å². The van der Waals surface area contributed by atoms with E-state index in [-0.39, 0.29) is 17.9 Å². The van der Waals surface area contributed by atoms with E-state index < -0.39 is 0 Å². The van der Waals surface area contributed by atoms with Gasteiger partial charge in [-0.3, -0.25) is 9.69 Å². The highest BCUT2D eigenvalue weighted by Crippen LogP contribution is 2.37. The molecule has 1 spiro atoms. The Morgan fingerprint density at radius 3 is 2.75 bits per heavy atom. The lowest BCUT2D eigenvalue weighted by atomic mass is 9.80. The predicted octanol–water partition coefficient (Wildman–Crippen LogP) is 1.84. The minimum absolute atomic E-state index is 0.0802. The molecule has 3 heterocycles. The maximum absolute atomic E-state index is 12.8. The van der Waals surface area contributed by atoms with Gasteiger partial charge in [-0.05, 0) is 42.6 Å². The van der Waals surface area contributed by atoms with Crippen molar-refractivity contribution in [1.82, 2.24) is 10.2 Å². The Kier molecular flexibility index (Phi) is 3.90. The van der Waals surface area contributed by atoms with Crippen LogP contribution in [0.2, 0.25) is 0 Å². The molecule has 2 aliphatic rings. The summed E-state index contributed by atoms with van der Waals surface area (Å²) in [4.78, 5) is 15.0. The molecule has 0 saturated carbocycles. The van der Waals surface area contributed by atoms with Crippen LogP contribution in [-0.4, -0.2) is 29.0 Å². The van der Waals surface area contributed by atoms with E-state index in [1.54, 1.807) is 6.07 Å². The quantitative estimate of drug-likeness (QED) is 0.903. The summed E-state index contributed by atoms with van der Waals surface area (Å²) in [5.74, 6) is 1.59. The first kappa shape index (κ1) is 15.4. The first-order valence-electron chi connectivity index (χ1n) is 8.44. The molecule has 126 valence electrons. The van der Waals surface area contributed by atoms with Gasteiger partial charge in [-0.1, -0.05) is 24.3 Å². The van der Waals surface area contributed by atoms with Crippen LogP contribution in [0.5, 0.6) is 0 Å². The number of carbonyl (C=O) groups excluding carboxylic acids is 1. The average molecular weight is 326 g/mol. The van der Waals surface area contributed by atoms with Crippen LogP contribution in [0.1, 0.15) is 29.1 Å². The summed E-state index contributed by atoms with van der Waals surface area (Å²) < 4.78 is 5.59. The Bertz CT molecular complexity index is 755. The molecule has 4 rings (SSSR count). The van der Waals surface area contributed by atoms with E-state index >= 15 is 0 Å². The molecule has 1 fully saturated rings. The number of amides is 1. The van der Waals surface area contributed by atoms with Gasteiger partial charge in [0.15, 0.2) is 0 Å². The smallest absolute Gasteiger partial charge is 0.228 e. The van der Waals surface area contributed by atoms with Crippen LogP contribution in [0.25, 0.3) is 0 Å². The molecule has 24 heavy (non-hydrogen) atoms. The summed E-state index contributed by atoms with van der Waals surface area (Å²) in [6, 6.07) is 12.0. The molecule has 1 amide bonds. The summed E-state index contributed by atoms with van der Waals surface area (Å²) in [7, 11) is 0. The Labute approximate surface area is 141 Å². The van der Waals surface area contributed by atoms with Gasteiger partial charge in [-0.25, -0.2) is 0 Å². The van der Waals surface area contributed by atoms with Gasteiger partial charge < -0.3 is 14.8 Å². The molecule has 1 saturated heterocycles. The number of hydrogen-bond donors (Lipinski definition) is 2. The molecule has 0 bridgehead atoms. The highest BCUT2D eigenvalue weighted by molar-refractivity contribution is 5.84. The van der Waals surface area contributed by atoms with Gasteiger partial charge in [-0.15, -0.1) is 0 Å². The van der Waals surface area contributed by atoms with Crippen LogP contribution in [0, 0.1) is 5.41 Å². The van der Waals surface area contributed by atoms with Gasteiger partial charge in [0.05, 0.1) is 12.0 Å². The normalized spacial score (nSPS) is 24.0. The number of carbonyl (C=O) groups is 1. The number of benzene rings is 1. The average Bonchev–Trinajstić information content (AvgIpc) is 3.18. The van der Waals surface area contributed by atoms with Crippen LogP contribution in [0.3, 0.4) is 0 Å². The Morgan fingerprint density at radius 2 is 1.96 bits per heavy atom. The maximum Gasteiger partial charge on any atom is 0.228 e. The van der Waals surface area contributed by atoms with Crippen LogP contribution in [0.4, 0.5) is 0 Å². The first-order chi connectivity index (χ1) is 11.7. The number of furan rings is 1. The SMILES string of the molecule is O=C1NCc2ccccc2CC12CCN(Cc1ccc(CO)o1)C2. The van der Waals surface area contributed by atoms with E-state index in [1.165, 1.54) is 11.1 Å². The third-order valence-electron chi connectivity index (χ3n) is 5.25. The van der Waals surface area contributed by atoms with Gasteiger partial charge in [0.1, 0.15) is 18.1 Å². The lowest BCUT2D eigenvalue weighted by Gasteiger charge is -2.26. The predicted molar refractivity (Wildman–Crippen MR) is 89.0 cm³/mol. The van der Waals surface area contributed by atoms with Crippen LogP contribution >= 0.6 is 0 Å². The van der Waals surface area contributed by atoms with Crippen molar-refractivity contribution < 1.29 is 14.3 Å². The molecule has 1 aromatic heterocycles. The third-order valence-corrected chi connectivity index (χ3v) is 5.25. The fourth-order valence-corrected chi connectivity index (χ4v) is 3.95. The molecule has 5 heteroatoms. The van der Waals surface area contributed by atoms with Crippen molar-refractivity contribution in [3.05, 3.63) is 59.0 Å². The minimum atomic E-state index is -0.348. The number of fused-ring (bicyclic) bond motifs is 1. The van der Waals surface area contributed by atoms with E-state index in [4.69, 9.17) is 9.52 Å². The lowest BCUT2D eigenvalue weighted by molar-refractivity contribution is -0.130. The van der Waals surface area contributed by atoms with Crippen molar-refractivity contribution >= 4 is 5.91 Å². The summed E-state index contributed by atoms with van der Waals surface area (Å²) in [6.45, 7) is 2.83. The fraction of sp³-hybridized carbons (Fsp3) is 0.421. The highest BCUT2D eigenvalue weighted by atomic mass is 16.4. The van der Waals surface area contributed by atoms with E-state index in [9.17, 15) is 4.79 Å². The Morgan fingerprint density at radius 1 is 1.17 bits per heavy atom. The van der Waals surface area contributed by atoms with Crippen molar-refractivity contribution in [2.24, 2.45) is 5.41 Å². The summed E-state index contributed by atoms with van der Waals surface area (Å²) >= 11 is 0. The highest BCUT2D eigenvalue weighted by Gasteiger charge is 2.45. The van der Waals surface area contributed by atoms with Crippen molar-refractivity contribution in [2.75, 3.05) is 13.1 Å². The molecule has 5 nitrogen and oxygen atoms in total. The topological polar surface area (TPSA) is 65.7 Å². The second-order valence-electron chi connectivity index (χ2n) is 6.90. The van der Waals surface area contributed by atoms with Gasteiger partial charge in [0, 0.05) is 13.1 Å². The number of rotatable bonds is 3. The Hall–Kier alpha value is -2.11. The second-order valence-corrected chi connectivity index (χ2v) is 6.90. The number of hydrogen-bond acceptors (Lipinski definition) is 4. The number of aliphatic hydroxyl groups excluding tert-OH is 1. The molecule has 2 N–H and O–H groups in total. The van der Waals surface area contributed by atoms with Crippen molar-refractivity contribution in [1.29, 1.82) is 0 Å².